The Morgan fingerprint density at radius 1 is 1.03 bits per heavy atom. The van der Waals surface area contributed by atoms with E-state index in [2.05, 4.69) is 0 Å². The van der Waals surface area contributed by atoms with Gasteiger partial charge in [0.05, 0.1) is 24.7 Å². The summed E-state index contributed by atoms with van der Waals surface area (Å²) in [6.45, 7) is 2.11. The predicted molar refractivity (Wildman–Crippen MR) is 104 cm³/mol. The van der Waals surface area contributed by atoms with Crippen molar-refractivity contribution < 1.29 is 28.7 Å². The number of methoxy groups -OCH3 is 2. The lowest BCUT2D eigenvalue weighted by Crippen LogP contribution is -2.34. The van der Waals surface area contributed by atoms with Gasteiger partial charge in [-0.05, 0) is 36.8 Å². The van der Waals surface area contributed by atoms with Crippen LogP contribution >= 0.6 is 0 Å². The number of hydrogen-bond donors (Lipinski definition) is 0. The molecule has 0 radical (unpaired) electrons. The number of nitro benzene ring substituents is 1. The second-order valence-corrected chi connectivity index (χ2v) is 5.98. The van der Waals surface area contributed by atoms with Crippen LogP contribution in [0.1, 0.15) is 22.8 Å². The third-order valence-electron chi connectivity index (χ3n) is 4.20. The van der Waals surface area contributed by atoms with Crippen LogP contribution in [0.4, 0.5) is 5.69 Å². The van der Waals surface area contributed by atoms with Gasteiger partial charge in [-0.1, -0.05) is 6.07 Å². The van der Waals surface area contributed by atoms with Crippen molar-refractivity contribution in [1.29, 1.82) is 0 Å². The molecule has 9 heteroatoms. The number of non-ortho nitro benzene ring substituents is 1. The number of amides is 1. The highest BCUT2D eigenvalue weighted by atomic mass is 16.6. The standard InChI is InChI=1S/C20H22N2O7/c1-4-21(12-14-5-10-17(27-2)18(11-14)28-3)19(23)13-29-20(24)15-6-8-16(9-7-15)22(25)26/h5-11H,4,12-13H2,1-3H3. The fourth-order valence-electron chi connectivity index (χ4n) is 2.60. The van der Waals surface area contributed by atoms with Crippen LogP contribution in [-0.4, -0.2) is 49.1 Å². The van der Waals surface area contributed by atoms with Gasteiger partial charge in [0, 0.05) is 25.2 Å². The maximum Gasteiger partial charge on any atom is 0.338 e. The summed E-state index contributed by atoms with van der Waals surface area (Å²) in [5.74, 6) is 0.0497. The summed E-state index contributed by atoms with van der Waals surface area (Å²) in [6, 6.07) is 10.3. The van der Waals surface area contributed by atoms with Gasteiger partial charge in [0.25, 0.3) is 11.6 Å². The van der Waals surface area contributed by atoms with E-state index in [-0.39, 0.29) is 17.2 Å². The zero-order valence-electron chi connectivity index (χ0n) is 16.4. The molecule has 2 aromatic carbocycles. The SMILES string of the molecule is CCN(Cc1ccc(OC)c(OC)c1)C(=O)COC(=O)c1ccc([N+](=O)[O-])cc1. The van der Waals surface area contributed by atoms with Crippen LogP contribution in [0, 0.1) is 10.1 Å². The Hall–Kier alpha value is -3.62. The highest BCUT2D eigenvalue weighted by molar-refractivity contribution is 5.91. The highest BCUT2D eigenvalue weighted by Crippen LogP contribution is 2.28. The lowest BCUT2D eigenvalue weighted by molar-refractivity contribution is -0.384. The third-order valence-corrected chi connectivity index (χ3v) is 4.20. The first kappa shape index (κ1) is 21.7. The zero-order chi connectivity index (χ0) is 21.4. The molecule has 0 aliphatic carbocycles. The number of benzene rings is 2. The van der Waals surface area contributed by atoms with E-state index in [0.29, 0.717) is 24.6 Å². The van der Waals surface area contributed by atoms with E-state index in [1.54, 1.807) is 19.2 Å². The fraction of sp³-hybridized carbons (Fsp3) is 0.300. The third kappa shape index (κ3) is 5.68. The molecule has 154 valence electrons. The molecule has 29 heavy (non-hydrogen) atoms. The first-order valence-electron chi connectivity index (χ1n) is 8.79. The lowest BCUT2D eigenvalue weighted by Gasteiger charge is -2.21. The van der Waals surface area contributed by atoms with Crippen LogP contribution < -0.4 is 9.47 Å². The largest absolute Gasteiger partial charge is 0.493 e. The molecule has 0 atom stereocenters. The van der Waals surface area contributed by atoms with Crippen molar-refractivity contribution >= 4 is 17.6 Å². The molecule has 0 spiro atoms. The number of esters is 1. The number of nitro groups is 1. The van der Waals surface area contributed by atoms with E-state index in [1.165, 1.54) is 36.3 Å². The van der Waals surface area contributed by atoms with Crippen molar-refractivity contribution in [3.05, 3.63) is 63.7 Å². The Morgan fingerprint density at radius 2 is 1.69 bits per heavy atom. The van der Waals surface area contributed by atoms with E-state index in [0.717, 1.165) is 5.56 Å². The van der Waals surface area contributed by atoms with Gasteiger partial charge in [0.2, 0.25) is 0 Å². The zero-order valence-corrected chi connectivity index (χ0v) is 16.4. The Balaban J connectivity index is 1.97. The number of hydrogen-bond acceptors (Lipinski definition) is 7. The van der Waals surface area contributed by atoms with Crippen LogP contribution in [-0.2, 0) is 16.1 Å². The van der Waals surface area contributed by atoms with Crippen LogP contribution in [0.25, 0.3) is 0 Å². The maximum atomic E-state index is 12.4. The summed E-state index contributed by atoms with van der Waals surface area (Å²) in [6.07, 6.45) is 0. The first-order valence-corrected chi connectivity index (χ1v) is 8.79. The van der Waals surface area contributed by atoms with Crippen LogP contribution in [0.2, 0.25) is 0 Å². The van der Waals surface area contributed by atoms with Crippen molar-refractivity contribution in [2.24, 2.45) is 0 Å². The van der Waals surface area contributed by atoms with Crippen LogP contribution in [0.3, 0.4) is 0 Å². The molecule has 2 rings (SSSR count). The van der Waals surface area contributed by atoms with Crippen molar-refractivity contribution in [2.75, 3.05) is 27.4 Å². The Bertz CT molecular complexity index is 881. The molecule has 9 nitrogen and oxygen atoms in total. The summed E-state index contributed by atoms with van der Waals surface area (Å²) < 4.78 is 15.5. The van der Waals surface area contributed by atoms with Gasteiger partial charge in [-0.25, -0.2) is 4.79 Å². The minimum Gasteiger partial charge on any atom is -0.493 e. The smallest absolute Gasteiger partial charge is 0.338 e. The van der Waals surface area contributed by atoms with E-state index < -0.39 is 17.5 Å². The van der Waals surface area contributed by atoms with Gasteiger partial charge in [0.15, 0.2) is 18.1 Å². The average Bonchev–Trinajstić information content (AvgIpc) is 2.75. The van der Waals surface area contributed by atoms with Gasteiger partial charge < -0.3 is 19.1 Å². The number of carbonyl (C=O) groups excluding carboxylic acids is 2. The predicted octanol–water partition coefficient (Wildman–Crippen LogP) is 2.82. The molecule has 0 unspecified atom stereocenters. The molecule has 0 heterocycles. The maximum absolute atomic E-state index is 12.4. The quantitative estimate of drug-likeness (QED) is 0.360. The summed E-state index contributed by atoms with van der Waals surface area (Å²) in [7, 11) is 3.07. The van der Waals surface area contributed by atoms with Gasteiger partial charge in [0.1, 0.15) is 0 Å². The van der Waals surface area contributed by atoms with E-state index in [9.17, 15) is 19.7 Å². The Morgan fingerprint density at radius 3 is 2.24 bits per heavy atom. The second-order valence-electron chi connectivity index (χ2n) is 5.98. The molecule has 0 aliphatic heterocycles. The van der Waals surface area contributed by atoms with E-state index >= 15 is 0 Å². The van der Waals surface area contributed by atoms with Crippen LogP contribution in [0.5, 0.6) is 11.5 Å². The number of nitrogens with zero attached hydrogens (tertiary/aromatic N) is 2. The van der Waals surface area contributed by atoms with E-state index in [1.807, 2.05) is 13.0 Å². The molecule has 0 aromatic heterocycles. The average molecular weight is 402 g/mol. The summed E-state index contributed by atoms with van der Waals surface area (Å²) >= 11 is 0. The van der Waals surface area contributed by atoms with Gasteiger partial charge in [-0.3, -0.25) is 14.9 Å². The normalized spacial score (nSPS) is 10.2. The number of ether oxygens (including phenoxy) is 3. The minimum absolute atomic E-state index is 0.131. The summed E-state index contributed by atoms with van der Waals surface area (Å²) in [4.78, 5) is 36.1. The monoisotopic (exact) mass is 402 g/mol. The molecule has 0 aliphatic rings. The molecule has 0 fully saturated rings. The molecular formula is C20H22N2O7. The molecule has 0 saturated carbocycles. The van der Waals surface area contributed by atoms with Crippen molar-refractivity contribution in [1.82, 2.24) is 4.90 Å². The molecule has 2 aromatic rings. The number of rotatable bonds is 9. The lowest BCUT2D eigenvalue weighted by atomic mass is 10.2. The minimum atomic E-state index is -0.726. The highest BCUT2D eigenvalue weighted by Gasteiger charge is 2.17. The molecule has 1 amide bonds. The summed E-state index contributed by atoms with van der Waals surface area (Å²) in [5, 5.41) is 10.7. The van der Waals surface area contributed by atoms with Crippen molar-refractivity contribution in [3.8, 4) is 11.5 Å². The Kier molecular flexibility index (Phi) is 7.53. The molecule has 0 saturated heterocycles. The number of carbonyl (C=O) groups is 2. The molecular weight excluding hydrogens is 380 g/mol. The van der Waals surface area contributed by atoms with Crippen LogP contribution in [0.15, 0.2) is 42.5 Å². The van der Waals surface area contributed by atoms with Gasteiger partial charge >= 0.3 is 5.97 Å². The van der Waals surface area contributed by atoms with Gasteiger partial charge in [-0.2, -0.15) is 0 Å². The number of likely N-dealkylation sites (N-methyl/N-ethyl adjacent to an activating group) is 1. The van der Waals surface area contributed by atoms with E-state index in [4.69, 9.17) is 14.2 Å². The molecule has 0 bridgehead atoms. The summed E-state index contributed by atoms with van der Waals surface area (Å²) in [5.41, 5.74) is 0.829. The van der Waals surface area contributed by atoms with Gasteiger partial charge in [-0.15, -0.1) is 0 Å². The first-order chi connectivity index (χ1) is 13.9. The fourth-order valence-corrected chi connectivity index (χ4v) is 2.60. The molecule has 0 N–H and O–H groups in total. The van der Waals surface area contributed by atoms with Crippen molar-refractivity contribution in [3.63, 3.8) is 0 Å². The second kappa shape index (κ2) is 10.1. The topological polar surface area (TPSA) is 108 Å². The Labute approximate surface area is 167 Å². The van der Waals surface area contributed by atoms with Crippen molar-refractivity contribution in [2.45, 2.75) is 13.5 Å².